The second-order valence-electron chi connectivity index (χ2n) is 3.70. The van der Waals surface area contributed by atoms with Crippen molar-refractivity contribution < 1.29 is 0 Å². The topological polar surface area (TPSA) is 33.6 Å². The van der Waals surface area contributed by atoms with Crippen LogP contribution >= 0.6 is 15.9 Å². The number of benzene rings is 1. The summed E-state index contributed by atoms with van der Waals surface area (Å²) in [5.74, 6) is 0. The molecule has 0 bridgehead atoms. The minimum absolute atomic E-state index is 1.02. The van der Waals surface area contributed by atoms with Gasteiger partial charge < -0.3 is 9.55 Å². The molecule has 3 nitrogen and oxygen atoms in total. The van der Waals surface area contributed by atoms with Gasteiger partial charge in [0.1, 0.15) is 0 Å². The highest BCUT2D eigenvalue weighted by Gasteiger charge is 2.14. The summed E-state index contributed by atoms with van der Waals surface area (Å²) in [6, 6.07) is 8.31. The molecular weight excluding hydrogens is 266 g/mol. The number of para-hydroxylation sites is 1. The Kier molecular flexibility index (Phi) is 2.11. The lowest BCUT2D eigenvalue weighted by molar-refractivity contribution is 0.970. The van der Waals surface area contributed by atoms with E-state index in [2.05, 4.69) is 49.6 Å². The molecule has 0 amide bonds. The van der Waals surface area contributed by atoms with Crippen molar-refractivity contribution in [3.63, 3.8) is 0 Å². The molecule has 4 heteroatoms. The lowest BCUT2D eigenvalue weighted by Crippen LogP contribution is -1.91. The van der Waals surface area contributed by atoms with Gasteiger partial charge in [0.15, 0.2) is 0 Å². The average Bonchev–Trinajstić information content (AvgIpc) is 2.89. The number of nitrogens with one attached hydrogen (secondary N) is 1. The highest BCUT2D eigenvalue weighted by Crippen LogP contribution is 2.35. The second-order valence-corrected chi connectivity index (χ2v) is 4.50. The number of halogens is 1. The average molecular weight is 276 g/mol. The van der Waals surface area contributed by atoms with E-state index in [0.717, 1.165) is 15.9 Å². The van der Waals surface area contributed by atoms with Gasteiger partial charge in [-0.05, 0) is 22.0 Å². The maximum atomic E-state index is 4.06. The van der Waals surface area contributed by atoms with Gasteiger partial charge in [0.25, 0.3) is 0 Å². The Morgan fingerprint density at radius 3 is 2.81 bits per heavy atom. The van der Waals surface area contributed by atoms with E-state index in [0.29, 0.717) is 0 Å². The van der Waals surface area contributed by atoms with Crippen LogP contribution in [-0.4, -0.2) is 14.5 Å². The van der Waals surface area contributed by atoms with Gasteiger partial charge in [-0.15, -0.1) is 0 Å². The number of aromatic amines is 1. The van der Waals surface area contributed by atoms with Crippen LogP contribution in [0.2, 0.25) is 0 Å². The smallest absolute Gasteiger partial charge is 0.0924 e. The van der Waals surface area contributed by atoms with Crippen LogP contribution in [0, 0.1) is 0 Å². The molecule has 0 fully saturated rings. The summed E-state index contributed by atoms with van der Waals surface area (Å²) in [6.07, 6.45) is 3.53. The van der Waals surface area contributed by atoms with Gasteiger partial charge in [0, 0.05) is 18.0 Å². The summed E-state index contributed by atoms with van der Waals surface area (Å²) in [6.45, 7) is 0. The third-order valence-electron chi connectivity index (χ3n) is 2.80. The summed E-state index contributed by atoms with van der Waals surface area (Å²) >= 11 is 3.66. The van der Waals surface area contributed by atoms with Crippen LogP contribution in [0.1, 0.15) is 0 Å². The minimum Gasteiger partial charge on any atom is -0.343 e. The summed E-state index contributed by atoms with van der Waals surface area (Å²) in [5, 5.41) is 1.22. The minimum atomic E-state index is 1.02. The van der Waals surface area contributed by atoms with Crippen molar-refractivity contribution in [3.8, 4) is 11.4 Å². The summed E-state index contributed by atoms with van der Waals surface area (Å²) in [7, 11) is 2.06. The Bertz CT molecular complexity index is 599. The van der Waals surface area contributed by atoms with Crippen LogP contribution in [0.4, 0.5) is 0 Å². The molecule has 3 rings (SSSR count). The van der Waals surface area contributed by atoms with Gasteiger partial charge in [-0.3, -0.25) is 0 Å². The third-order valence-corrected chi connectivity index (χ3v) is 3.60. The number of imidazole rings is 1. The second kappa shape index (κ2) is 3.49. The van der Waals surface area contributed by atoms with Crippen molar-refractivity contribution >= 4 is 26.8 Å². The van der Waals surface area contributed by atoms with Gasteiger partial charge in [-0.25, -0.2) is 4.98 Å². The third kappa shape index (κ3) is 1.23. The first kappa shape index (κ1) is 9.66. The molecule has 0 unspecified atom stereocenters. The predicted octanol–water partition coefficient (Wildman–Crippen LogP) is 3.33. The van der Waals surface area contributed by atoms with E-state index in [1.165, 1.54) is 10.9 Å². The molecule has 3 aromatic rings. The van der Waals surface area contributed by atoms with Crippen molar-refractivity contribution in [3.05, 3.63) is 41.3 Å². The Labute approximate surface area is 101 Å². The molecule has 80 valence electrons. The molecule has 16 heavy (non-hydrogen) atoms. The molecule has 1 N–H and O–H groups in total. The predicted molar refractivity (Wildman–Crippen MR) is 68.2 cm³/mol. The Morgan fingerprint density at radius 1 is 1.31 bits per heavy atom. The molecule has 0 aliphatic rings. The SMILES string of the molecule is Cn1c(-c2cnc[nH]2)c(Br)c2ccccc21. The number of aryl methyl sites for hydroxylation is 1. The van der Waals surface area contributed by atoms with Crippen LogP contribution in [0.5, 0.6) is 0 Å². The van der Waals surface area contributed by atoms with Gasteiger partial charge in [0.2, 0.25) is 0 Å². The summed E-state index contributed by atoms with van der Waals surface area (Å²) in [4.78, 5) is 7.20. The molecule has 0 atom stereocenters. The van der Waals surface area contributed by atoms with Crippen molar-refractivity contribution in [2.45, 2.75) is 0 Å². The Morgan fingerprint density at radius 2 is 2.12 bits per heavy atom. The number of hydrogen-bond acceptors (Lipinski definition) is 1. The van der Waals surface area contributed by atoms with Crippen LogP contribution in [0.3, 0.4) is 0 Å². The number of rotatable bonds is 1. The van der Waals surface area contributed by atoms with E-state index < -0.39 is 0 Å². The van der Waals surface area contributed by atoms with Crippen molar-refractivity contribution in [1.29, 1.82) is 0 Å². The quantitative estimate of drug-likeness (QED) is 0.726. The molecule has 0 radical (unpaired) electrons. The van der Waals surface area contributed by atoms with Crippen LogP contribution in [0.15, 0.2) is 41.3 Å². The molecule has 2 aromatic heterocycles. The fourth-order valence-electron chi connectivity index (χ4n) is 2.03. The Hall–Kier alpha value is -1.55. The standard InChI is InChI=1S/C12H10BrN3/c1-16-10-5-3-2-4-8(10)11(13)12(16)9-6-14-7-15-9/h2-7H,1H3,(H,14,15). The van der Waals surface area contributed by atoms with E-state index in [1.807, 2.05) is 18.3 Å². The largest absolute Gasteiger partial charge is 0.343 e. The molecule has 0 aliphatic heterocycles. The monoisotopic (exact) mass is 275 g/mol. The van der Waals surface area contributed by atoms with Crippen molar-refractivity contribution in [1.82, 2.24) is 14.5 Å². The number of H-pyrrole nitrogens is 1. The normalized spacial score (nSPS) is 11.1. The molecular formula is C12H10BrN3. The van der Waals surface area contributed by atoms with Crippen molar-refractivity contribution in [2.24, 2.45) is 7.05 Å². The fraction of sp³-hybridized carbons (Fsp3) is 0.0833. The zero-order valence-corrected chi connectivity index (χ0v) is 10.3. The highest BCUT2D eigenvalue weighted by atomic mass is 79.9. The van der Waals surface area contributed by atoms with Gasteiger partial charge in [0.05, 0.1) is 28.4 Å². The number of hydrogen-bond donors (Lipinski definition) is 1. The van der Waals surface area contributed by atoms with E-state index >= 15 is 0 Å². The number of fused-ring (bicyclic) bond motifs is 1. The zero-order chi connectivity index (χ0) is 11.1. The number of aromatic nitrogens is 3. The molecule has 1 aromatic carbocycles. The summed E-state index contributed by atoms with van der Waals surface area (Å²) in [5.41, 5.74) is 3.35. The molecule has 0 spiro atoms. The molecule has 0 saturated heterocycles. The first-order valence-corrected chi connectivity index (χ1v) is 5.80. The first-order chi connectivity index (χ1) is 7.79. The lowest BCUT2D eigenvalue weighted by atomic mass is 10.2. The molecule has 2 heterocycles. The molecule has 0 saturated carbocycles. The Balaban J connectivity index is 2.42. The van der Waals surface area contributed by atoms with E-state index in [9.17, 15) is 0 Å². The summed E-state index contributed by atoms with van der Waals surface area (Å²) < 4.78 is 3.27. The van der Waals surface area contributed by atoms with Crippen LogP contribution in [0.25, 0.3) is 22.3 Å². The van der Waals surface area contributed by atoms with Gasteiger partial charge in [-0.1, -0.05) is 18.2 Å². The van der Waals surface area contributed by atoms with Gasteiger partial charge in [-0.2, -0.15) is 0 Å². The zero-order valence-electron chi connectivity index (χ0n) is 8.74. The van der Waals surface area contributed by atoms with Crippen LogP contribution < -0.4 is 0 Å². The van der Waals surface area contributed by atoms with Gasteiger partial charge >= 0.3 is 0 Å². The molecule has 0 aliphatic carbocycles. The van der Waals surface area contributed by atoms with Crippen LogP contribution in [-0.2, 0) is 7.05 Å². The first-order valence-electron chi connectivity index (χ1n) is 5.00. The maximum Gasteiger partial charge on any atom is 0.0924 e. The van der Waals surface area contributed by atoms with E-state index in [1.54, 1.807) is 6.33 Å². The van der Waals surface area contributed by atoms with E-state index in [4.69, 9.17) is 0 Å². The highest BCUT2D eigenvalue weighted by molar-refractivity contribution is 9.10. The number of nitrogens with zero attached hydrogens (tertiary/aromatic N) is 2. The van der Waals surface area contributed by atoms with Crippen molar-refractivity contribution in [2.75, 3.05) is 0 Å². The fourth-order valence-corrected chi connectivity index (χ4v) is 2.85. The lowest BCUT2D eigenvalue weighted by Gasteiger charge is -2.01. The van der Waals surface area contributed by atoms with E-state index in [-0.39, 0.29) is 0 Å². The maximum absolute atomic E-state index is 4.06.